The number of hydrogen-bond donors (Lipinski definition) is 1. The van der Waals surface area contributed by atoms with Crippen molar-refractivity contribution in [1.82, 2.24) is 4.98 Å². The third-order valence-electron chi connectivity index (χ3n) is 2.82. The molecule has 0 saturated heterocycles. The lowest BCUT2D eigenvalue weighted by molar-refractivity contribution is 0.00294. The average molecular weight is 222 g/mol. The van der Waals surface area contributed by atoms with Gasteiger partial charge in [0, 0.05) is 18.8 Å². The van der Waals surface area contributed by atoms with Crippen LogP contribution in [-0.2, 0) is 4.74 Å². The minimum atomic E-state index is 0.421. The van der Waals surface area contributed by atoms with Crippen LogP contribution < -0.4 is 10.1 Å². The zero-order chi connectivity index (χ0) is 11.4. The molecule has 16 heavy (non-hydrogen) atoms. The maximum absolute atomic E-state index is 5.52. The Morgan fingerprint density at radius 3 is 3.00 bits per heavy atom. The highest BCUT2D eigenvalue weighted by molar-refractivity contribution is 5.53. The van der Waals surface area contributed by atoms with E-state index in [0.29, 0.717) is 18.0 Å². The largest absolute Gasteiger partial charge is 0.480 e. The van der Waals surface area contributed by atoms with Crippen molar-refractivity contribution < 1.29 is 9.47 Å². The van der Waals surface area contributed by atoms with Crippen molar-refractivity contribution in [3.8, 4) is 5.88 Å². The zero-order valence-corrected chi connectivity index (χ0v) is 9.77. The van der Waals surface area contributed by atoms with E-state index in [-0.39, 0.29) is 0 Å². The fourth-order valence-electron chi connectivity index (χ4n) is 1.94. The lowest BCUT2D eigenvalue weighted by atomic mass is 9.89. The molecule has 1 heterocycles. The first-order chi connectivity index (χ1) is 7.83. The third-order valence-corrected chi connectivity index (χ3v) is 2.82. The minimum absolute atomic E-state index is 0.421. The molecule has 0 atom stereocenters. The molecule has 0 bridgehead atoms. The Labute approximate surface area is 96.0 Å². The standard InChI is InChI=1S/C12H18N2O2/c1-3-16-10-7-9(8-10)14-11-5-4-6-13-12(11)15-2/h4-6,9-10,14H,3,7-8H2,1-2H3. The van der Waals surface area contributed by atoms with Crippen LogP contribution in [0.3, 0.4) is 0 Å². The van der Waals surface area contributed by atoms with Crippen LogP contribution in [0.5, 0.6) is 5.88 Å². The highest BCUT2D eigenvalue weighted by Crippen LogP contribution is 2.29. The van der Waals surface area contributed by atoms with E-state index in [1.165, 1.54) is 0 Å². The van der Waals surface area contributed by atoms with E-state index in [2.05, 4.69) is 10.3 Å². The Morgan fingerprint density at radius 2 is 2.31 bits per heavy atom. The second kappa shape index (κ2) is 5.16. The Kier molecular flexibility index (Phi) is 3.62. The summed E-state index contributed by atoms with van der Waals surface area (Å²) < 4.78 is 10.7. The van der Waals surface area contributed by atoms with E-state index >= 15 is 0 Å². The van der Waals surface area contributed by atoms with Crippen LogP contribution in [-0.4, -0.2) is 30.8 Å². The molecule has 0 spiro atoms. The third kappa shape index (κ3) is 2.44. The second-order valence-electron chi connectivity index (χ2n) is 3.95. The second-order valence-corrected chi connectivity index (χ2v) is 3.95. The molecule has 1 saturated carbocycles. The van der Waals surface area contributed by atoms with E-state index in [1.54, 1.807) is 13.3 Å². The zero-order valence-electron chi connectivity index (χ0n) is 9.77. The first-order valence-corrected chi connectivity index (χ1v) is 5.70. The maximum atomic E-state index is 5.52. The van der Waals surface area contributed by atoms with Gasteiger partial charge in [0.1, 0.15) is 0 Å². The van der Waals surface area contributed by atoms with Gasteiger partial charge >= 0.3 is 0 Å². The fourth-order valence-corrected chi connectivity index (χ4v) is 1.94. The summed E-state index contributed by atoms with van der Waals surface area (Å²) in [5.74, 6) is 0.655. The molecule has 1 aliphatic carbocycles. The van der Waals surface area contributed by atoms with Gasteiger partial charge in [-0.25, -0.2) is 4.98 Å². The molecular weight excluding hydrogens is 204 g/mol. The van der Waals surface area contributed by atoms with Crippen LogP contribution in [0.1, 0.15) is 19.8 Å². The van der Waals surface area contributed by atoms with Crippen molar-refractivity contribution in [1.29, 1.82) is 0 Å². The highest BCUT2D eigenvalue weighted by Gasteiger charge is 2.29. The maximum Gasteiger partial charge on any atom is 0.237 e. The monoisotopic (exact) mass is 222 g/mol. The van der Waals surface area contributed by atoms with Crippen LogP contribution in [0, 0.1) is 0 Å². The Morgan fingerprint density at radius 1 is 1.50 bits per heavy atom. The normalized spacial score (nSPS) is 23.6. The van der Waals surface area contributed by atoms with Gasteiger partial charge in [0.2, 0.25) is 5.88 Å². The van der Waals surface area contributed by atoms with Crippen LogP contribution in [0.25, 0.3) is 0 Å². The van der Waals surface area contributed by atoms with Gasteiger partial charge in [-0.3, -0.25) is 0 Å². The molecule has 0 unspecified atom stereocenters. The molecule has 1 aromatic rings. The fraction of sp³-hybridized carbons (Fsp3) is 0.583. The molecule has 1 aromatic heterocycles. The number of pyridine rings is 1. The van der Waals surface area contributed by atoms with E-state index < -0.39 is 0 Å². The summed E-state index contributed by atoms with van der Waals surface area (Å²) in [6, 6.07) is 4.37. The average Bonchev–Trinajstić information content (AvgIpc) is 2.27. The number of nitrogens with one attached hydrogen (secondary N) is 1. The number of anilines is 1. The number of rotatable bonds is 5. The van der Waals surface area contributed by atoms with Crippen LogP contribution in [0.2, 0.25) is 0 Å². The van der Waals surface area contributed by atoms with Crippen molar-refractivity contribution in [3.63, 3.8) is 0 Å². The molecular formula is C12H18N2O2. The molecule has 0 amide bonds. The smallest absolute Gasteiger partial charge is 0.237 e. The molecule has 0 aromatic carbocycles. The van der Waals surface area contributed by atoms with Crippen LogP contribution in [0.4, 0.5) is 5.69 Å². The van der Waals surface area contributed by atoms with Gasteiger partial charge in [0.25, 0.3) is 0 Å². The van der Waals surface area contributed by atoms with Gasteiger partial charge < -0.3 is 14.8 Å². The van der Waals surface area contributed by atoms with E-state index in [1.807, 2.05) is 19.1 Å². The van der Waals surface area contributed by atoms with E-state index in [9.17, 15) is 0 Å². The lowest BCUT2D eigenvalue weighted by Gasteiger charge is -2.36. The van der Waals surface area contributed by atoms with Gasteiger partial charge in [-0.05, 0) is 31.9 Å². The molecule has 0 aliphatic heterocycles. The summed E-state index contributed by atoms with van der Waals surface area (Å²) in [4.78, 5) is 4.15. The summed E-state index contributed by atoms with van der Waals surface area (Å²) in [5.41, 5.74) is 0.963. The predicted octanol–water partition coefficient (Wildman–Crippen LogP) is 2.07. The molecule has 88 valence electrons. The lowest BCUT2D eigenvalue weighted by Crippen LogP contribution is -2.40. The summed E-state index contributed by atoms with van der Waals surface area (Å²) in [6.45, 7) is 2.83. The Balaban J connectivity index is 1.86. The minimum Gasteiger partial charge on any atom is -0.480 e. The number of ether oxygens (including phenoxy) is 2. The van der Waals surface area contributed by atoms with Gasteiger partial charge in [-0.15, -0.1) is 0 Å². The van der Waals surface area contributed by atoms with Crippen molar-refractivity contribution in [3.05, 3.63) is 18.3 Å². The number of nitrogens with zero attached hydrogens (tertiary/aromatic N) is 1. The summed E-state index contributed by atoms with van der Waals surface area (Å²) in [5, 5.41) is 3.42. The first kappa shape index (κ1) is 11.2. The van der Waals surface area contributed by atoms with Crippen molar-refractivity contribution in [2.45, 2.75) is 31.9 Å². The Bertz CT molecular complexity index is 338. The number of aromatic nitrogens is 1. The molecule has 1 aliphatic rings. The highest BCUT2D eigenvalue weighted by atomic mass is 16.5. The quantitative estimate of drug-likeness (QED) is 0.828. The molecule has 4 heteroatoms. The molecule has 0 radical (unpaired) electrons. The van der Waals surface area contributed by atoms with Gasteiger partial charge in [0.05, 0.1) is 18.9 Å². The number of methoxy groups -OCH3 is 1. The predicted molar refractivity (Wildman–Crippen MR) is 62.8 cm³/mol. The topological polar surface area (TPSA) is 43.4 Å². The Hall–Kier alpha value is -1.29. The van der Waals surface area contributed by atoms with Gasteiger partial charge in [-0.1, -0.05) is 0 Å². The SMILES string of the molecule is CCOC1CC(Nc2cccnc2OC)C1. The molecule has 4 nitrogen and oxygen atoms in total. The summed E-state index contributed by atoms with van der Waals surface area (Å²) in [6.07, 6.45) is 4.27. The number of hydrogen-bond acceptors (Lipinski definition) is 4. The van der Waals surface area contributed by atoms with Crippen molar-refractivity contribution in [2.75, 3.05) is 19.0 Å². The van der Waals surface area contributed by atoms with Crippen LogP contribution >= 0.6 is 0 Å². The summed E-state index contributed by atoms with van der Waals surface area (Å²) >= 11 is 0. The van der Waals surface area contributed by atoms with E-state index in [0.717, 1.165) is 25.1 Å². The van der Waals surface area contributed by atoms with Gasteiger partial charge in [0.15, 0.2) is 0 Å². The van der Waals surface area contributed by atoms with Crippen LogP contribution in [0.15, 0.2) is 18.3 Å². The molecule has 1 N–H and O–H groups in total. The molecule has 2 rings (SSSR count). The van der Waals surface area contributed by atoms with Crippen molar-refractivity contribution in [2.24, 2.45) is 0 Å². The van der Waals surface area contributed by atoms with E-state index in [4.69, 9.17) is 9.47 Å². The van der Waals surface area contributed by atoms with Gasteiger partial charge in [-0.2, -0.15) is 0 Å². The first-order valence-electron chi connectivity index (χ1n) is 5.70. The van der Waals surface area contributed by atoms with Crippen molar-refractivity contribution >= 4 is 5.69 Å². The molecule has 1 fully saturated rings. The summed E-state index contributed by atoms with van der Waals surface area (Å²) in [7, 11) is 1.64.